The lowest BCUT2D eigenvalue weighted by Gasteiger charge is -2.22. The lowest BCUT2D eigenvalue weighted by Crippen LogP contribution is -2.28. The van der Waals surface area contributed by atoms with Crippen LogP contribution in [0.15, 0.2) is 42.0 Å². The van der Waals surface area contributed by atoms with E-state index in [-0.39, 0.29) is 5.91 Å². The molecule has 25 heavy (non-hydrogen) atoms. The molecule has 1 amide bonds. The lowest BCUT2D eigenvalue weighted by molar-refractivity contribution is -0.116. The molecule has 6 heteroatoms. The maximum absolute atomic E-state index is 12.2. The Labute approximate surface area is 151 Å². The number of rotatable bonds is 5. The molecule has 5 nitrogen and oxygen atoms in total. The quantitative estimate of drug-likeness (QED) is 0.733. The number of aromatic nitrogens is 2. The number of piperidine rings is 1. The molecule has 3 heterocycles. The number of anilines is 1. The van der Waals surface area contributed by atoms with Crippen LogP contribution in [0.1, 0.15) is 25.7 Å². The van der Waals surface area contributed by atoms with E-state index < -0.39 is 0 Å². The zero-order valence-electron chi connectivity index (χ0n) is 14.1. The summed E-state index contributed by atoms with van der Waals surface area (Å²) in [6, 6.07) is 7.92. The Balaban J connectivity index is 1.33. The molecular weight excluding hydrogens is 332 g/mol. The summed E-state index contributed by atoms with van der Waals surface area (Å²) in [5.74, 6) is 0.790. The molecule has 1 aromatic carbocycles. The first-order chi connectivity index (χ1) is 12.3. The van der Waals surface area contributed by atoms with Crippen LogP contribution in [0.4, 0.5) is 5.69 Å². The van der Waals surface area contributed by atoms with Crippen LogP contribution in [0.3, 0.4) is 0 Å². The molecule has 0 atom stereocenters. The average molecular weight is 354 g/mol. The largest absolute Gasteiger partial charge is 0.326 e. The second kappa shape index (κ2) is 7.37. The van der Waals surface area contributed by atoms with Crippen molar-refractivity contribution in [2.24, 2.45) is 5.92 Å². The zero-order chi connectivity index (χ0) is 17.1. The number of nitrogens with one attached hydrogen (secondary N) is 2. The Morgan fingerprint density at radius 2 is 2.08 bits per heavy atom. The Bertz CT molecular complexity index is 817. The molecular formula is C19H22N4OS. The van der Waals surface area contributed by atoms with Crippen LogP contribution in [0.5, 0.6) is 0 Å². The van der Waals surface area contributed by atoms with E-state index in [4.69, 9.17) is 0 Å². The van der Waals surface area contributed by atoms with Gasteiger partial charge in [-0.15, -0.1) is 11.3 Å². The van der Waals surface area contributed by atoms with Crippen molar-refractivity contribution in [3.63, 3.8) is 0 Å². The van der Waals surface area contributed by atoms with Gasteiger partial charge in [-0.3, -0.25) is 9.20 Å². The van der Waals surface area contributed by atoms with E-state index in [0.717, 1.165) is 41.4 Å². The van der Waals surface area contributed by atoms with E-state index >= 15 is 0 Å². The summed E-state index contributed by atoms with van der Waals surface area (Å²) in [5, 5.41) is 8.39. The molecule has 2 N–H and O–H groups in total. The zero-order valence-corrected chi connectivity index (χ0v) is 14.9. The predicted octanol–water partition coefficient (Wildman–Crippen LogP) is 3.78. The third kappa shape index (κ3) is 3.91. The molecule has 1 fully saturated rings. The van der Waals surface area contributed by atoms with Crippen molar-refractivity contribution < 1.29 is 4.79 Å². The van der Waals surface area contributed by atoms with Crippen molar-refractivity contribution in [3.05, 3.63) is 42.0 Å². The molecule has 1 aliphatic rings. The Kier molecular flexibility index (Phi) is 4.81. The van der Waals surface area contributed by atoms with Crippen molar-refractivity contribution >= 4 is 27.9 Å². The van der Waals surface area contributed by atoms with Gasteiger partial charge in [0.05, 0.1) is 5.69 Å². The summed E-state index contributed by atoms with van der Waals surface area (Å²) in [4.78, 5) is 17.7. The minimum Gasteiger partial charge on any atom is -0.326 e. The van der Waals surface area contributed by atoms with Crippen molar-refractivity contribution in [1.29, 1.82) is 0 Å². The number of carbonyl (C=O) groups is 1. The van der Waals surface area contributed by atoms with Gasteiger partial charge in [0.15, 0.2) is 4.96 Å². The molecule has 0 spiro atoms. The second-order valence-corrected chi connectivity index (χ2v) is 7.45. The van der Waals surface area contributed by atoms with E-state index in [9.17, 15) is 4.79 Å². The standard InChI is InChI=1S/C19H22N4OS/c24-18(6-1-14-7-9-20-10-8-14)21-16-4-2-15(3-5-16)17-13-23-11-12-25-19(23)22-17/h2-5,11-14,20H,1,6-10H2,(H,21,24). The fourth-order valence-corrected chi connectivity index (χ4v) is 4.02. The maximum atomic E-state index is 12.2. The fourth-order valence-electron chi connectivity index (χ4n) is 3.32. The lowest BCUT2D eigenvalue weighted by atomic mass is 9.93. The van der Waals surface area contributed by atoms with Gasteiger partial charge >= 0.3 is 0 Å². The SMILES string of the molecule is O=C(CCC1CCNCC1)Nc1ccc(-c2cn3ccsc3n2)cc1. The third-order valence-electron chi connectivity index (χ3n) is 4.80. The number of hydrogen-bond acceptors (Lipinski definition) is 4. The van der Waals surface area contributed by atoms with Crippen LogP contribution in [-0.2, 0) is 4.79 Å². The first-order valence-electron chi connectivity index (χ1n) is 8.81. The summed E-state index contributed by atoms with van der Waals surface area (Å²) in [5.41, 5.74) is 2.86. The number of thiazole rings is 1. The second-order valence-electron chi connectivity index (χ2n) is 6.58. The van der Waals surface area contributed by atoms with Gasteiger partial charge in [0.25, 0.3) is 0 Å². The average Bonchev–Trinajstić information content (AvgIpc) is 3.24. The third-order valence-corrected chi connectivity index (χ3v) is 5.57. The molecule has 1 saturated heterocycles. The van der Waals surface area contributed by atoms with Crippen LogP contribution >= 0.6 is 11.3 Å². The van der Waals surface area contributed by atoms with Gasteiger partial charge in [-0.25, -0.2) is 4.98 Å². The van der Waals surface area contributed by atoms with Gasteiger partial charge in [-0.2, -0.15) is 0 Å². The Morgan fingerprint density at radius 1 is 1.28 bits per heavy atom. The number of benzene rings is 1. The number of hydrogen-bond donors (Lipinski definition) is 2. The van der Waals surface area contributed by atoms with E-state index in [0.29, 0.717) is 12.3 Å². The van der Waals surface area contributed by atoms with Crippen molar-refractivity contribution in [3.8, 4) is 11.3 Å². The highest BCUT2D eigenvalue weighted by Crippen LogP contribution is 2.23. The molecule has 0 bridgehead atoms. The number of fused-ring (bicyclic) bond motifs is 1. The van der Waals surface area contributed by atoms with Crippen LogP contribution in [0, 0.1) is 5.92 Å². The highest BCUT2D eigenvalue weighted by molar-refractivity contribution is 7.15. The fraction of sp³-hybridized carbons (Fsp3) is 0.368. The number of nitrogens with zero attached hydrogens (tertiary/aromatic N) is 2. The van der Waals surface area contributed by atoms with Crippen LogP contribution in [-0.4, -0.2) is 28.4 Å². The maximum Gasteiger partial charge on any atom is 0.224 e. The summed E-state index contributed by atoms with van der Waals surface area (Å²) in [7, 11) is 0. The molecule has 1 aliphatic heterocycles. The van der Waals surface area contributed by atoms with Crippen molar-refractivity contribution in [2.45, 2.75) is 25.7 Å². The number of amides is 1. The molecule has 0 radical (unpaired) electrons. The molecule has 3 aromatic rings. The highest BCUT2D eigenvalue weighted by Gasteiger charge is 2.14. The van der Waals surface area contributed by atoms with Crippen molar-refractivity contribution in [1.82, 2.24) is 14.7 Å². The van der Waals surface area contributed by atoms with Gasteiger partial charge in [0, 0.05) is 35.4 Å². The minimum absolute atomic E-state index is 0.105. The van der Waals surface area contributed by atoms with Gasteiger partial charge in [0.1, 0.15) is 0 Å². The van der Waals surface area contributed by atoms with E-state index in [1.54, 1.807) is 11.3 Å². The van der Waals surface area contributed by atoms with Gasteiger partial charge in [0.2, 0.25) is 5.91 Å². The molecule has 0 saturated carbocycles. The Hall–Kier alpha value is -2.18. The highest BCUT2D eigenvalue weighted by atomic mass is 32.1. The summed E-state index contributed by atoms with van der Waals surface area (Å²) in [6.45, 7) is 2.17. The molecule has 0 unspecified atom stereocenters. The monoisotopic (exact) mass is 354 g/mol. The van der Waals surface area contributed by atoms with E-state index in [2.05, 4.69) is 15.6 Å². The molecule has 4 rings (SSSR count). The van der Waals surface area contributed by atoms with Crippen LogP contribution in [0.25, 0.3) is 16.2 Å². The van der Waals surface area contributed by atoms with Gasteiger partial charge in [-0.1, -0.05) is 12.1 Å². The van der Waals surface area contributed by atoms with Crippen molar-refractivity contribution in [2.75, 3.05) is 18.4 Å². The topological polar surface area (TPSA) is 58.4 Å². The smallest absolute Gasteiger partial charge is 0.224 e. The number of imidazole rings is 1. The van der Waals surface area contributed by atoms with Gasteiger partial charge in [-0.05, 0) is 50.4 Å². The minimum atomic E-state index is 0.105. The summed E-state index contributed by atoms with van der Waals surface area (Å²) >= 11 is 1.62. The normalized spacial score (nSPS) is 15.5. The first kappa shape index (κ1) is 16.3. The predicted molar refractivity (Wildman–Crippen MR) is 102 cm³/mol. The molecule has 130 valence electrons. The van der Waals surface area contributed by atoms with E-state index in [1.165, 1.54) is 12.8 Å². The molecule has 2 aromatic heterocycles. The first-order valence-corrected chi connectivity index (χ1v) is 9.69. The Morgan fingerprint density at radius 3 is 2.84 bits per heavy atom. The summed E-state index contributed by atoms with van der Waals surface area (Å²) < 4.78 is 2.02. The van der Waals surface area contributed by atoms with Crippen LogP contribution < -0.4 is 10.6 Å². The van der Waals surface area contributed by atoms with E-state index in [1.807, 2.05) is 46.4 Å². The number of carbonyl (C=O) groups excluding carboxylic acids is 1. The molecule has 0 aliphatic carbocycles. The van der Waals surface area contributed by atoms with Crippen LogP contribution in [0.2, 0.25) is 0 Å². The summed E-state index contributed by atoms with van der Waals surface area (Å²) in [6.07, 6.45) is 7.99. The van der Waals surface area contributed by atoms with Gasteiger partial charge < -0.3 is 10.6 Å².